The molecule has 0 saturated heterocycles. The maximum atomic E-state index is 13.7. The molecule has 0 bridgehead atoms. The van der Waals surface area contributed by atoms with E-state index in [2.05, 4.69) is 4.99 Å². The van der Waals surface area contributed by atoms with Crippen LogP contribution in [0, 0.1) is 5.92 Å². The molecule has 0 radical (unpaired) electrons. The molecule has 2 aromatic rings. The minimum atomic E-state index is -4.52. The summed E-state index contributed by atoms with van der Waals surface area (Å²) in [5.41, 5.74) is 1.76. The molecule has 0 saturated carbocycles. The molecule has 0 amide bonds. The van der Waals surface area contributed by atoms with Gasteiger partial charge in [0, 0.05) is 36.4 Å². The second-order valence-corrected chi connectivity index (χ2v) is 9.49. The van der Waals surface area contributed by atoms with Crippen LogP contribution in [-0.2, 0) is 25.2 Å². The Morgan fingerprint density at radius 3 is 2.23 bits per heavy atom. The van der Waals surface area contributed by atoms with Gasteiger partial charge >= 0.3 is 12.1 Å². The second kappa shape index (κ2) is 11.6. The van der Waals surface area contributed by atoms with Crippen molar-refractivity contribution in [2.45, 2.75) is 37.8 Å². The number of benzene rings is 2. The van der Waals surface area contributed by atoms with Gasteiger partial charge in [0.2, 0.25) is 0 Å². The number of esters is 1. The number of hydrogen-bond donors (Lipinski definition) is 0. The quantitative estimate of drug-likeness (QED) is 0.322. The van der Waals surface area contributed by atoms with Crippen LogP contribution in [0.3, 0.4) is 0 Å². The van der Waals surface area contributed by atoms with Crippen molar-refractivity contribution in [3.8, 4) is 11.5 Å². The Morgan fingerprint density at radius 2 is 1.62 bits per heavy atom. The molecule has 1 heterocycles. The van der Waals surface area contributed by atoms with Crippen LogP contribution in [0.5, 0.6) is 11.5 Å². The van der Waals surface area contributed by atoms with Crippen LogP contribution in [0.25, 0.3) is 0 Å². The van der Waals surface area contributed by atoms with E-state index in [1.165, 1.54) is 33.5 Å². The van der Waals surface area contributed by atoms with Gasteiger partial charge in [-0.3, -0.25) is 14.6 Å². The van der Waals surface area contributed by atoms with Crippen molar-refractivity contribution in [3.05, 3.63) is 70.4 Å². The normalized spacial score (nSPS) is 21.3. The molecule has 0 spiro atoms. The van der Waals surface area contributed by atoms with Gasteiger partial charge in [0.1, 0.15) is 12.5 Å². The second-order valence-electron chi connectivity index (χ2n) is 9.49. The van der Waals surface area contributed by atoms with Gasteiger partial charge in [-0.15, -0.1) is 0 Å². The number of allylic oxidation sites excluding steroid dienone is 2. The molecule has 10 heteroatoms. The van der Waals surface area contributed by atoms with Crippen molar-refractivity contribution in [2.24, 2.45) is 10.9 Å². The van der Waals surface area contributed by atoms with Crippen molar-refractivity contribution < 1.29 is 41.7 Å². The van der Waals surface area contributed by atoms with Crippen LogP contribution in [0.2, 0.25) is 0 Å². The Hall–Kier alpha value is -3.66. The van der Waals surface area contributed by atoms with Crippen LogP contribution >= 0.6 is 0 Å². The molecule has 3 atom stereocenters. The Kier molecular flexibility index (Phi) is 8.44. The third kappa shape index (κ3) is 5.85. The van der Waals surface area contributed by atoms with E-state index in [1.807, 2.05) is 12.1 Å². The smallest absolute Gasteiger partial charge is 0.416 e. The van der Waals surface area contributed by atoms with Crippen molar-refractivity contribution in [3.63, 3.8) is 0 Å². The SMILES string of the molecule is COCCOC(=O)C1C(C)=NC2=C(C(=O)C[C@H](c3ccc(OC)c(OC)c3)C2)[C@H]1c1ccc(C(F)(F)F)cc1. The molecule has 1 aliphatic carbocycles. The van der Waals surface area contributed by atoms with Crippen LogP contribution in [0.1, 0.15) is 48.3 Å². The van der Waals surface area contributed by atoms with E-state index in [9.17, 15) is 22.8 Å². The summed E-state index contributed by atoms with van der Waals surface area (Å²) in [6.45, 7) is 1.85. The monoisotopic (exact) mass is 545 g/mol. The summed E-state index contributed by atoms with van der Waals surface area (Å²) in [5.74, 6) is -1.72. The van der Waals surface area contributed by atoms with Crippen LogP contribution in [0.4, 0.5) is 13.2 Å². The number of hydrogen-bond acceptors (Lipinski definition) is 7. The van der Waals surface area contributed by atoms with E-state index < -0.39 is 29.5 Å². The van der Waals surface area contributed by atoms with Gasteiger partial charge in [-0.2, -0.15) is 13.2 Å². The topological polar surface area (TPSA) is 83.4 Å². The molecule has 1 aliphatic heterocycles. The number of Topliss-reactive ketones (excluding diaryl/α,β-unsaturated/α-hetero) is 1. The average molecular weight is 546 g/mol. The van der Waals surface area contributed by atoms with Gasteiger partial charge in [-0.1, -0.05) is 18.2 Å². The fourth-order valence-electron chi connectivity index (χ4n) is 5.26. The highest BCUT2D eigenvalue weighted by atomic mass is 19.4. The predicted octanol–water partition coefficient (Wildman–Crippen LogP) is 5.49. The number of carbonyl (C=O) groups excluding carboxylic acids is 2. The lowest BCUT2D eigenvalue weighted by Crippen LogP contribution is -2.38. The lowest BCUT2D eigenvalue weighted by molar-refractivity contribution is -0.148. The van der Waals surface area contributed by atoms with Gasteiger partial charge in [0.25, 0.3) is 0 Å². The summed E-state index contributed by atoms with van der Waals surface area (Å²) < 4.78 is 60.8. The molecule has 0 fully saturated rings. The van der Waals surface area contributed by atoms with E-state index in [4.69, 9.17) is 18.9 Å². The van der Waals surface area contributed by atoms with Crippen LogP contribution in [-0.4, -0.2) is 52.0 Å². The number of methoxy groups -OCH3 is 3. The minimum absolute atomic E-state index is 0.0000721. The Labute approximate surface area is 224 Å². The highest BCUT2D eigenvalue weighted by molar-refractivity contribution is 6.09. The highest BCUT2D eigenvalue weighted by Gasteiger charge is 2.45. The van der Waals surface area contributed by atoms with Crippen LogP contribution in [0.15, 0.2) is 58.7 Å². The maximum Gasteiger partial charge on any atom is 0.416 e. The minimum Gasteiger partial charge on any atom is -0.493 e. The first-order valence-corrected chi connectivity index (χ1v) is 12.4. The first kappa shape index (κ1) is 28.4. The lowest BCUT2D eigenvalue weighted by Gasteiger charge is -2.36. The molecule has 7 nitrogen and oxygen atoms in total. The zero-order chi connectivity index (χ0) is 28.3. The summed E-state index contributed by atoms with van der Waals surface area (Å²) >= 11 is 0. The Bertz CT molecular complexity index is 1300. The molecule has 39 heavy (non-hydrogen) atoms. The third-order valence-electron chi connectivity index (χ3n) is 7.15. The zero-order valence-electron chi connectivity index (χ0n) is 22.1. The number of rotatable bonds is 8. The standard InChI is InChI=1S/C29H30F3NO6/c1-16-25(28(35)39-12-11-36-2)26(17-5-8-20(9-6-17)29(30,31)32)27-21(33-16)13-19(14-22(27)34)18-7-10-23(37-3)24(15-18)38-4/h5-10,15,19,25-26H,11-14H2,1-4H3/t19-,25?,26+/m1/s1. The molecular formula is C29H30F3NO6. The van der Waals surface area contributed by atoms with Gasteiger partial charge in [0.05, 0.1) is 26.4 Å². The number of alkyl halides is 3. The van der Waals surface area contributed by atoms with E-state index in [1.54, 1.807) is 13.0 Å². The number of ketones is 1. The van der Waals surface area contributed by atoms with E-state index in [-0.39, 0.29) is 31.3 Å². The van der Waals surface area contributed by atoms with Crippen LogP contribution < -0.4 is 9.47 Å². The van der Waals surface area contributed by atoms with E-state index >= 15 is 0 Å². The number of nitrogens with zero attached hydrogens (tertiary/aromatic N) is 1. The highest BCUT2D eigenvalue weighted by Crippen LogP contribution is 2.48. The molecule has 1 unspecified atom stereocenters. The molecule has 2 aliphatic rings. The Balaban J connectivity index is 1.75. The fourth-order valence-corrected chi connectivity index (χ4v) is 5.26. The van der Waals surface area contributed by atoms with Gasteiger partial charge < -0.3 is 18.9 Å². The molecule has 2 aromatic carbocycles. The number of carbonyl (C=O) groups is 2. The molecule has 0 N–H and O–H groups in total. The fraction of sp³-hybridized carbons (Fsp3) is 0.414. The number of ether oxygens (including phenoxy) is 4. The van der Waals surface area contributed by atoms with Gasteiger partial charge in [-0.05, 0) is 54.7 Å². The number of aliphatic imine (C=N–C) groups is 1. The average Bonchev–Trinajstić information content (AvgIpc) is 2.91. The summed E-state index contributed by atoms with van der Waals surface area (Å²) in [6, 6.07) is 10.0. The largest absolute Gasteiger partial charge is 0.493 e. The van der Waals surface area contributed by atoms with Gasteiger partial charge in [0.15, 0.2) is 17.3 Å². The zero-order valence-corrected chi connectivity index (χ0v) is 22.1. The predicted molar refractivity (Wildman–Crippen MR) is 137 cm³/mol. The molecular weight excluding hydrogens is 515 g/mol. The van der Waals surface area contributed by atoms with E-state index in [0.717, 1.165) is 17.7 Å². The van der Waals surface area contributed by atoms with Crippen molar-refractivity contribution in [1.82, 2.24) is 0 Å². The summed E-state index contributed by atoms with van der Waals surface area (Å²) in [7, 11) is 4.54. The van der Waals surface area contributed by atoms with Crippen molar-refractivity contribution >= 4 is 17.5 Å². The molecule has 0 aromatic heterocycles. The van der Waals surface area contributed by atoms with Crippen molar-refractivity contribution in [1.29, 1.82) is 0 Å². The first-order chi connectivity index (χ1) is 18.6. The maximum absolute atomic E-state index is 13.7. The third-order valence-corrected chi connectivity index (χ3v) is 7.15. The summed E-state index contributed by atoms with van der Waals surface area (Å²) in [5, 5.41) is 0. The first-order valence-electron chi connectivity index (χ1n) is 12.4. The van der Waals surface area contributed by atoms with Crippen molar-refractivity contribution in [2.75, 3.05) is 34.5 Å². The molecule has 4 rings (SSSR count). The summed E-state index contributed by atoms with van der Waals surface area (Å²) in [6.07, 6.45) is -3.96. The molecule has 208 valence electrons. The lowest BCUT2D eigenvalue weighted by atomic mass is 9.69. The number of halogens is 3. The summed E-state index contributed by atoms with van der Waals surface area (Å²) in [4.78, 5) is 31.6. The Morgan fingerprint density at radius 1 is 0.949 bits per heavy atom. The van der Waals surface area contributed by atoms with E-state index in [0.29, 0.717) is 40.5 Å². The van der Waals surface area contributed by atoms with Gasteiger partial charge in [-0.25, -0.2) is 0 Å².